The van der Waals surface area contributed by atoms with E-state index < -0.39 is 0 Å². The van der Waals surface area contributed by atoms with Crippen molar-refractivity contribution in [3.63, 3.8) is 0 Å². The van der Waals surface area contributed by atoms with E-state index >= 15 is 0 Å². The molecule has 0 saturated heterocycles. The lowest BCUT2D eigenvalue weighted by Gasteiger charge is -2.14. The molecule has 0 bridgehead atoms. The van der Waals surface area contributed by atoms with E-state index in [-0.39, 0.29) is 5.91 Å². The molecular weight excluding hydrogens is 452 g/mol. The molecule has 0 heterocycles. The van der Waals surface area contributed by atoms with Gasteiger partial charge in [0.15, 0.2) is 11.5 Å². The number of nitrogens with zero attached hydrogens (tertiary/aromatic N) is 1. The van der Waals surface area contributed by atoms with Crippen LogP contribution in [0.2, 0.25) is 5.02 Å². The zero-order chi connectivity index (χ0) is 24.3. The standard InChI is InChI=1S/C27H29ClN2O4/c1-4-14-33-23-12-10-22(11-13-23)27(31)30-29-17-21-15-24(28)26(25(16-21)32-5-2)34-18-20-8-6-19(3)7-9-20/h6-13,15-17H,4-5,14,18H2,1-3H3,(H,30,31)/b29-17-. The molecule has 1 amide bonds. The Labute approximate surface area is 205 Å². The van der Waals surface area contributed by atoms with Gasteiger partial charge in [0.2, 0.25) is 0 Å². The van der Waals surface area contributed by atoms with Gasteiger partial charge in [-0.15, -0.1) is 0 Å². The number of halogens is 1. The number of amides is 1. The minimum atomic E-state index is -0.326. The van der Waals surface area contributed by atoms with Crippen LogP contribution in [0.3, 0.4) is 0 Å². The Balaban J connectivity index is 1.65. The summed E-state index contributed by atoms with van der Waals surface area (Å²) in [6.45, 7) is 7.42. The van der Waals surface area contributed by atoms with Crippen LogP contribution in [0.1, 0.15) is 47.3 Å². The van der Waals surface area contributed by atoms with E-state index in [0.29, 0.717) is 47.5 Å². The molecule has 34 heavy (non-hydrogen) atoms. The Morgan fingerprint density at radius 2 is 1.74 bits per heavy atom. The highest BCUT2D eigenvalue weighted by atomic mass is 35.5. The first-order valence-electron chi connectivity index (χ1n) is 11.2. The minimum absolute atomic E-state index is 0.326. The van der Waals surface area contributed by atoms with Gasteiger partial charge in [0.25, 0.3) is 5.91 Å². The Morgan fingerprint density at radius 3 is 2.41 bits per heavy atom. The molecule has 6 nitrogen and oxygen atoms in total. The monoisotopic (exact) mass is 480 g/mol. The van der Waals surface area contributed by atoms with Gasteiger partial charge in [0, 0.05) is 5.56 Å². The normalized spacial score (nSPS) is 10.8. The molecule has 0 atom stereocenters. The molecule has 3 aromatic rings. The van der Waals surface area contributed by atoms with E-state index in [4.69, 9.17) is 25.8 Å². The maximum Gasteiger partial charge on any atom is 0.271 e. The van der Waals surface area contributed by atoms with Crippen molar-refractivity contribution in [1.82, 2.24) is 5.43 Å². The fourth-order valence-electron chi connectivity index (χ4n) is 3.06. The highest BCUT2D eigenvalue weighted by molar-refractivity contribution is 6.32. The number of aryl methyl sites for hydroxylation is 1. The molecule has 1 N–H and O–H groups in total. The number of ether oxygens (including phenoxy) is 3. The predicted octanol–water partition coefficient (Wildman–Crippen LogP) is 6.18. The molecule has 0 aromatic heterocycles. The summed E-state index contributed by atoms with van der Waals surface area (Å²) in [7, 11) is 0. The van der Waals surface area contributed by atoms with E-state index in [9.17, 15) is 4.79 Å². The van der Waals surface area contributed by atoms with Crippen molar-refractivity contribution in [2.24, 2.45) is 5.10 Å². The zero-order valence-electron chi connectivity index (χ0n) is 19.6. The van der Waals surface area contributed by atoms with E-state index in [1.165, 1.54) is 11.8 Å². The third kappa shape index (κ3) is 7.25. The fraction of sp³-hybridized carbons (Fsp3) is 0.259. The molecule has 3 rings (SSSR count). The molecule has 0 spiro atoms. The van der Waals surface area contributed by atoms with Crippen LogP contribution in [-0.2, 0) is 6.61 Å². The van der Waals surface area contributed by atoms with Gasteiger partial charge >= 0.3 is 0 Å². The molecule has 0 saturated carbocycles. The second-order valence-corrected chi connectivity index (χ2v) is 8.02. The third-order valence-corrected chi connectivity index (χ3v) is 5.09. The van der Waals surface area contributed by atoms with Gasteiger partial charge in [-0.05, 0) is 67.8 Å². The van der Waals surface area contributed by atoms with E-state index in [1.54, 1.807) is 36.4 Å². The van der Waals surface area contributed by atoms with Crippen LogP contribution < -0.4 is 19.6 Å². The van der Waals surface area contributed by atoms with Crippen molar-refractivity contribution in [1.29, 1.82) is 0 Å². The van der Waals surface area contributed by atoms with Gasteiger partial charge in [0.05, 0.1) is 24.5 Å². The summed E-state index contributed by atoms with van der Waals surface area (Å²) in [5, 5.41) is 4.45. The van der Waals surface area contributed by atoms with Crippen molar-refractivity contribution in [3.8, 4) is 17.2 Å². The van der Waals surface area contributed by atoms with Crippen LogP contribution in [0.25, 0.3) is 0 Å². The van der Waals surface area contributed by atoms with Crippen molar-refractivity contribution in [2.45, 2.75) is 33.8 Å². The Kier molecular flexibility index (Phi) is 9.35. The van der Waals surface area contributed by atoms with Gasteiger partial charge in [-0.1, -0.05) is 48.4 Å². The molecule has 0 aliphatic heterocycles. The Bertz CT molecular complexity index is 1110. The molecule has 7 heteroatoms. The van der Waals surface area contributed by atoms with Crippen molar-refractivity contribution in [3.05, 3.63) is 87.9 Å². The molecule has 178 valence electrons. The maximum atomic E-state index is 12.4. The first-order chi connectivity index (χ1) is 16.5. The summed E-state index contributed by atoms with van der Waals surface area (Å²) in [5.41, 5.74) is 5.88. The SMILES string of the molecule is CCCOc1ccc(C(=O)N/N=C\c2cc(Cl)c(OCc3ccc(C)cc3)c(OCC)c2)cc1. The lowest BCUT2D eigenvalue weighted by atomic mass is 10.1. The summed E-state index contributed by atoms with van der Waals surface area (Å²) < 4.78 is 17.2. The van der Waals surface area contributed by atoms with Crippen LogP contribution in [0, 0.1) is 6.92 Å². The summed E-state index contributed by atoms with van der Waals surface area (Å²) >= 11 is 6.48. The predicted molar refractivity (Wildman–Crippen MR) is 135 cm³/mol. The Morgan fingerprint density at radius 1 is 1.00 bits per heavy atom. The van der Waals surface area contributed by atoms with Crippen molar-refractivity contribution in [2.75, 3.05) is 13.2 Å². The quantitative estimate of drug-likeness (QED) is 0.263. The second kappa shape index (κ2) is 12.7. The van der Waals surface area contributed by atoms with Crippen molar-refractivity contribution < 1.29 is 19.0 Å². The van der Waals surface area contributed by atoms with Gasteiger partial charge in [0.1, 0.15) is 12.4 Å². The van der Waals surface area contributed by atoms with Crippen LogP contribution in [0.5, 0.6) is 17.2 Å². The smallest absolute Gasteiger partial charge is 0.271 e. The molecule has 0 aliphatic rings. The summed E-state index contributed by atoms with van der Waals surface area (Å²) in [4.78, 5) is 12.4. The number of nitrogens with one attached hydrogen (secondary N) is 1. The third-order valence-electron chi connectivity index (χ3n) is 4.80. The van der Waals surface area contributed by atoms with Gasteiger partial charge < -0.3 is 14.2 Å². The summed E-state index contributed by atoms with van der Waals surface area (Å²) in [6, 6.07) is 18.5. The number of hydrazone groups is 1. The van der Waals surface area contributed by atoms with E-state index in [2.05, 4.69) is 10.5 Å². The molecule has 0 radical (unpaired) electrons. The highest BCUT2D eigenvalue weighted by Gasteiger charge is 2.13. The van der Waals surface area contributed by atoms with Gasteiger partial charge in [-0.2, -0.15) is 5.10 Å². The number of hydrogen-bond donors (Lipinski definition) is 1. The van der Waals surface area contributed by atoms with Crippen LogP contribution >= 0.6 is 11.6 Å². The number of carbonyl (C=O) groups excluding carboxylic acids is 1. The zero-order valence-corrected chi connectivity index (χ0v) is 20.4. The first-order valence-corrected chi connectivity index (χ1v) is 11.6. The highest BCUT2D eigenvalue weighted by Crippen LogP contribution is 2.37. The first kappa shape index (κ1) is 25.1. The number of carbonyl (C=O) groups is 1. The molecule has 0 unspecified atom stereocenters. The van der Waals surface area contributed by atoms with Crippen molar-refractivity contribution >= 4 is 23.7 Å². The largest absolute Gasteiger partial charge is 0.494 e. The number of rotatable bonds is 11. The minimum Gasteiger partial charge on any atom is -0.494 e. The van der Waals surface area contributed by atoms with Crippen LogP contribution in [-0.4, -0.2) is 25.3 Å². The maximum absolute atomic E-state index is 12.4. The van der Waals surface area contributed by atoms with Gasteiger partial charge in [-0.3, -0.25) is 4.79 Å². The fourth-order valence-corrected chi connectivity index (χ4v) is 3.33. The summed E-state index contributed by atoms with van der Waals surface area (Å²) in [6.07, 6.45) is 2.43. The van der Waals surface area contributed by atoms with E-state index in [1.807, 2.05) is 45.0 Å². The van der Waals surface area contributed by atoms with E-state index in [0.717, 1.165) is 17.7 Å². The van der Waals surface area contributed by atoms with Gasteiger partial charge in [-0.25, -0.2) is 5.43 Å². The molecule has 0 fully saturated rings. The lowest BCUT2D eigenvalue weighted by molar-refractivity contribution is 0.0955. The average molecular weight is 481 g/mol. The number of benzene rings is 3. The van der Waals surface area contributed by atoms with Crippen LogP contribution in [0.15, 0.2) is 65.8 Å². The second-order valence-electron chi connectivity index (χ2n) is 7.61. The number of hydrogen-bond acceptors (Lipinski definition) is 5. The molecular formula is C27H29ClN2O4. The average Bonchev–Trinajstić information content (AvgIpc) is 2.84. The lowest BCUT2D eigenvalue weighted by Crippen LogP contribution is -2.17. The molecule has 3 aromatic carbocycles. The topological polar surface area (TPSA) is 69.2 Å². The Hall–Kier alpha value is -3.51. The van der Waals surface area contributed by atoms with Crippen LogP contribution in [0.4, 0.5) is 0 Å². The summed E-state index contributed by atoms with van der Waals surface area (Å²) in [5.74, 6) is 1.38. The molecule has 0 aliphatic carbocycles.